The molecule has 7 nitrogen and oxygen atoms in total. The fourth-order valence-corrected chi connectivity index (χ4v) is 4.51. The Bertz CT molecular complexity index is 1320. The summed E-state index contributed by atoms with van der Waals surface area (Å²) >= 11 is 6.02. The molecule has 8 heteroatoms. The van der Waals surface area contributed by atoms with Crippen LogP contribution in [0, 0.1) is 0 Å². The Balaban J connectivity index is 1.33. The number of nitrogens with zero attached hydrogens (tertiary/aromatic N) is 2. The molecule has 2 aromatic carbocycles. The van der Waals surface area contributed by atoms with Gasteiger partial charge in [0, 0.05) is 18.3 Å². The van der Waals surface area contributed by atoms with E-state index in [4.69, 9.17) is 16.3 Å². The number of alkyl carbamates (subject to hydrolysis) is 1. The lowest BCUT2D eigenvalue weighted by molar-refractivity contribution is -0.137. The fraction of sp³-hybridized carbons (Fsp3) is 0.160. The highest BCUT2D eigenvalue weighted by atomic mass is 35.5. The topological polar surface area (TPSA) is 92.9 Å². The first-order valence-electron chi connectivity index (χ1n) is 10.5. The van der Waals surface area contributed by atoms with Crippen LogP contribution in [0.3, 0.4) is 0 Å². The number of carboxylic acids is 1. The molecule has 4 aromatic rings. The molecule has 166 valence electrons. The highest BCUT2D eigenvalue weighted by Gasteiger charge is 2.29. The highest BCUT2D eigenvalue weighted by molar-refractivity contribution is 6.30. The van der Waals surface area contributed by atoms with Crippen molar-refractivity contribution in [3.05, 3.63) is 94.9 Å². The predicted molar refractivity (Wildman–Crippen MR) is 123 cm³/mol. The van der Waals surface area contributed by atoms with Gasteiger partial charge in [-0.15, -0.1) is 0 Å². The van der Waals surface area contributed by atoms with Crippen LogP contribution in [0.5, 0.6) is 0 Å². The number of ether oxygens (including phenoxy) is 1. The minimum absolute atomic E-state index is 0.0848. The maximum absolute atomic E-state index is 12.7. The zero-order valence-corrected chi connectivity index (χ0v) is 18.2. The summed E-state index contributed by atoms with van der Waals surface area (Å²) in [6.07, 6.45) is 2.29. The number of nitrogens with one attached hydrogen (secondary N) is 1. The monoisotopic (exact) mass is 461 g/mol. The van der Waals surface area contributed by atoms with Crippen LogP contribution in [-0.2, 0) is 9.53 Å². The average Bonchev–Trinajstić information content (AvgIpc) is 3.36. The summed E-state index contributed by atoms with van der Waals surface area (Å²) in [6, 6.07) is 18.7. The Morgan fingerprint density at radius 3 is 2.36 bits per heavy atom. The van der Waals surface area contributed by atoms with Crippen molar-refractivity contribution >= 4 is 29.3 Å². The van der Waals surface area contributed by atoms with Crippen molar-refractivity contribution in [2.24, 2.45) is 0 Å². The Labute approximate surface area is 194 Å². The van der Waals surface area contributed by atoms with Crippen molar-refractivity contribution in [2.75, 3.05) is 6.61 Å². The highest BCUT2D eigenvalue weighted by Crippen LogP contribution is 2.44. The number of pyridine rings is 1. The Kier molecular flexibility index (Phi) is 5.48. The van der Waals surface area contributed by atoms with Crippen LogP contribution < -0.4 is 5.32 Å². The number of carbonyl (C=O) groups is 2. The van der Waals surface area contributed by atoms with E-state index in [0.29, 0.717) is 16.4 Å². The van der Waals surface area contributed by atoms with E-state index in [1.165, 1.54) is 0 Å². The summed E-state index contributed by atoms with van der Waals surface area (Å²) in [4.78, 5) is 28.5. The number of aromatic nitrogens is 2. The van der Waals surface area contributed by atoms with Crippen LogP contribution in [0.2, 0.25) is 5.02 Å². The van der Waals surface area contributed by atoms with Gasteiger partial charge in [-0.2, -0.15) is 0 Å². The molecule has 0 unspecified atom stereocenters. The normalized spacial score (nSPS) is 13.4. The zero-order valence-electron chi connectivity index (χ0n) is 17.4. The van der Waals surface area contributed by atoms with Gasteiger partial charge in [-0.05, 0) is 34.4 Å². The van der Waals surface area contributed by atoms with Crippen molar-refractivity contribution in [3.8, 4) is 11.1 Å². The molecule has 1 amide bonds. The molecule has 0 fully saturated rings. The molecule has 2 N–H and O–H groups in total. The molecule has 1 atom stereocenters. The molecule has 0 radical (unpaired) electrons. The maximum atomic E-state index is 12.7. The second-order valence-electron chi connectivity index (χ2n) is 7.90. The third-order valence-corrected chi connectivity index (χ3v) is 6.03. The van der Waals surface area contributed by atoms with E-state index in [-0.39, 0.29) is 18.9 Å². The van der Waals surface area contributed by atoms with Crippen molar-refractivity contribution in [3.63, 3.8) is 0 Å². The molecule has 0 spiro atoms. The van der Waals surface area contributed by atoms with E-state index in [0.717, 1.165) is 22.3 Å². The van der Waals surface area contributed by atoms with Crippen LogP contribution in [-0.4, -0.2) is 33.2 Å². The van der Waals surface area contributed by atoms with E-state index >= 15 is 0 Å². The number of rotatable bonds is 6. The summed E-state index contributed by atoms with van der Waals surface area (Å²) in [6.45, 7) is 0.139. The molecule has 33 heavy (non-hydrogen) atoms. The number of aliphatic carboxylic acids is 1. The third-order valence-electron chi connectivity index (χ3n) is 5.81. The van der Waals surface area contributed by atoms with Gasteiger partial charge in [0.2, 0.25) is 0 Å². The summed E-state index contributed by atoms with van der Waals surface area (Å²) < 4.78 is 7.25. The van der Waals surface area contributed by atoms with Gasteiger partial charge in [0.05, 0.1) is 23.2 Å². The molecule has 0 saturated heterocycles. The van der Waals surface area contributed by atoms with Gasteiger partial charge >= 0.3 is 12.1 Å². The Hall–Kier alpha value is -3.84. The molecule has 1 aliphatic rings. The second-order valence-corrected chi connectivity index (χ2v) is 8.34. The van der Waals surface area contributed by atoms with E-state index in [1.54, 1.807) is 28.9 Å². The van der Waals surface area contributed by atoms with Crippen molar-refractivity contribution in [1.82, 2.24) is 14.7 Å². The summed E-state index contributed by atoms with van der Waals surface area (Å²) in [7, 11) is 0. The fourth-order valence-electron chi connectivity index (χ4n) is 4.34. The number of imidazole rings is 1. The quantitative estimate of drug-likeness (QED) is 0.419. The SMILES string of the molecule is O=C(O)C[C@H](NC(=O)OCC1c2ccccc2-c2ccccc21)c1cn2cc(Cl)ccc2n1. The molecule has 0 aliphatic heterocycles. The molecule has 1 aliphatic carbocycles. The van der Waals surface area contributed by atoms with Gasteiger partial charge in [0.15, 0.2) is 0 Å². The lowest BCUT2D eigenvalue weighted by Gasteiger charge is -2.17. The molecule has 0 saturated carbocycles. The van der Waals surface area contributed by atoms with E-state index in [9.17, 15) is 14.7 Å². The molecule has 2 heterocycles. The van der Waals surface area contributed by atoms with Crippen molar-refractivity contribution in [1.29, 1.82) is 0 Å². The van der Waals surface area contributed by atoms with Crippen LogP contribution in [0.1, 0.15) is 35.2 Å². The van der Waals surface area contributed by atoms with Crippen LogP contribution in [0.25, 0.3) is 16.8 Å². The predicted octanol–water partition coefficient (Wildman–Crippen LogP) is 5.04. The van der Waals surface area contributed by atoms with E-state index in [2.05, 4.69) is 22.4 Å². The van der Waals surface area contributed by atoms with Crippen LogP contribution in [0.15, 0.2) is 73.1 Å². The number of fused-ring (bicyclic) bond motifs is 4. The first-order chi connectivity index (χ1) is 16.0. The summed E-state index contributed by atoms with van der Waals surface area (Å²) in [5.74, 6) is -1.15. The summed E-state index contributed by atoms with van der Waals surface area (Å²) in [5.41, 5.74) is 5.48. The molecule has 0 bridgehead atoms. The third kappa shape index (κ3) is 4.15. The van der Waals surface area contributed by atoms with Gasteiger partial charge in [-0.3, -0.25) is 4.79 Å². The first-order valence-corrected chi connectivity index (χ1v) is 10.8. The lowest BCUT2D eigenvalue weighted by Crippen LogP contribution is -2.32. The largest absolute Gasteiger partial charge is 0.481 e. The Morgan fingerprint density at radius 1 is 1.03 bits per heavy atom. The van der Waals surface area contributed by atoms with Gasteiger partial charge in [-0.1, -0.05) is 60.1 Å². The minimum atomic E-state index is -1.06. The van der Waals surface area contributed by atoms with Gasteiger partial charge in [-0.25, -0.2) is 9.78 Å². The number of hydrogen-bond acceptors (Lipinski definition) is 4. The Morgan fingerprint density at radius 2 is 1.70 bits per heavy atom. The van der Waals surface area contributed by atoms with E-state index in [1.807, 2.05) is 36.4 Å². The number of benzene rings is 2. The van der Waals surface area contributed by atoms with Crippen molar-refractivity contribution in [2.45, 2.75) is 18.4 Å². The number of amides is 1. The van der Waals surface area contributed by atoms with Gasteiger partial charge < -0.3 is 19.6 Å². The molecular weight excluding hydrogens is 442 g/mol. The number of halogens is 1. The first kappa shape index (κ1) is 21.0. The average molecular weight is 462 g/mol. The maximum Gasteiger partial charge on any atom is 0.407 e. The second kappa shape index (κ2) is 8.60. The van der Waals surface area contributed by atoms with E-state index < -0.39 is 18.1 Å². The van der Waals surface area contributed by atoms with Gasteiger partial charge in [0.1, 0.15) is 12.3 Å². The van der Waals surface area contributed by atoms with Crippen molar-refractivity contribution < 1.29 is 19.4 Å². The van der Waals surface area contributed by atoms with Crippen LogP contribution >= 0.6 is 11.6 Å². The number of carbonyl (C=O) groups excluding carboxylic acids is 1. The minimum Gasteiger partial charge on any atom is -0.481 e. The smallest absolute Gasteiger partial charge is 0.407 e. The molecule has 2 aromatic heterocycles. The number of carboxylic acid groups (broad SMARTS) is 1. The lowest BCUT2D eigenvalue weighted by atomic mass is 9.98. The molecular formula is C25H20ClN3O4. The van der Waals surface area contributed by atoms with Gasteiger partial charge in [0.25, 0.3) is 0 Å². The van der Waals surface area contributed by atoms with Crippen LogP contribution in [0.4, 0.5) is 4.79 Å². The summed E-state index contributed by atoms with van der Waals surface area (Å²) in [5, 5.41) is 12.5. The molecule has 5 rings (SSSR count). The zero-order chi connectivity index (χ0) is 22.9. The number of hydrogen-bond donors (Lipinski definition) is 2. The standard InChI is InChI=1S/C25H20ClN3O4/c26-15-9-10-23-27-22(13-29(23)12-15)21(11-24(30)31)28-25(32)33-14-20-18-7-3-1-5-16(18)17-6-2-4-8-19(17)20/h1-10,12-13,20-21H,11,14H2,(H,28,32)(H,30,31)/t21-/m0/s1.